The van der Waals surface area contributed by atoms with E-state index < -0.39 is 0 Å². The maximum Gasteiger partial charge on any atom is 0.225 e. The first kappa shape index (κ1) is 13.6. The molecule has 7 heteroatoms. The molecule has 2 aromatic heterocycles. The second kappa shape index (κ2) is 5.54. The number of piperidine rings is 1. The minimum Gasteiger partial charge on any atom is -0.359 e. The molecule has 0 atom stereocenters. The van der Waals surface area contributed by atoms with Crippen LogP contribution in [0.4, 0.5) is 5.82 Å². The van der Waals surface area contributed by atoms with Crippen molar-refractivity contribution in [2.24, 2.45) is 5.92 Å². The fraction of sp³-hybridized carbons (Fsp3) is 0.462. The molecule has 106 valence electrons. The zero-order chi connectivity index (χ0) is 14.1. The van der Waals surface area contributed by atoms with Crippen molar-refractivity contribution in [1.29, 1.82) is 0 Å². The molecular formula is C13H15ClN4OS. The summed E-state index contributed by atoms with van der Waals surface area (Å²) in [4.78, 5) is 23.4. The Balaban J connectivity index is 1.83. The normalized spacial score (nSPS) is 16.6. The number of aromatic nitrogens is 2. The number of amides is 1. The molecule has 1 saturated heterocycles. The van der Waals surface area contributed by atoms with Gasteiger partial charge in [0, 0.05) is 26.1 Å². The number of halogens is 1. The highest BCUT2D eigenvalue weighted by atomic mass is 35.5. The Labute approximate surface area is 126 Å². The van der Waals surface area contributed by atoms with Gasteiger partial charge in [-0.25, -0.2) is 4.98 Å². The quantitative estimate of drug-likeness (QED) is 0.865. The average Bonchev–Trinajstić information content (AvgIpc) is 2.94. The maximum atomic E-state index is 11.7. The second-order valence-corrected chi connectivity index (χ2v) is 6.06. The van der Waals surface area contributed by atoms with Gasteiger partial charge in [0.05, 0.1) is 5.39 Å². The van der Waals surface area contributed by atoms with E-state index in [1.54, 1.807) is 18.4 Å². The van der Waals surface area contributed by atoms with Crippen molar-refractivity contribution in [1.82, 2.24) is 15.3 Å². The molecule has 3 rings (SSSR count). The maximum absolute atomic E-state index is 11.7. The number of rotatable bonds is 2. The lowest BCUT2D eigenvalue weighted by atomic mass is 9.96. The van der Waals surface area contributed by atoms with E-state index in [4.69, 9.17) is 11.6 Å². The molecular weight excluding hydrogens is 296 g/mol. The molecule has 0 aromatic carbocycles. The molecule has 3 heterocycles. The van der Waals surface area contributed by atoms with Gasteiger partial charge in [-0.2, -0.15) is 4.98 Å². The Bertz CT molecular complexity index is 636. The fourth-order valence-electron chi connectivity index (χ4n) is 2.61. The van der Waals surface area contributed by atoms with Gasteiger partial charge in [-0.3, -0.25) is 4.79 Å². The summed E-state index contributed by atoms with van der Waals surface area (Å²) in [6, 6.07) is 2.02. The Kier molecular flexibility index (Phi) is 3.76. The van der Waals surface area contributed by atoms with Crippen LogP contribution >= 0.6 is 22.9 Å². The smallest absolute Gasteiger partial charge is 0.225 e. The number of carbonyl (C=O) groups excluding carboxylic acids is 1. The van der Waals surface area contributed by atoms with Crippen molar-refractivity contribution in [2.75, 3.05) is 25.0 Å². The number of anilines is 1. The van der Waals surface area contributed by atoms with Crippen LogP contribution in [-0.4, -0.2) is 36.0 Å². The third-order valence-corrected chi connectivity index (χ3v) is 4.66. The van der Waals surface area contributed by atoms with Gasteiger partial charge in [0.25, 0.3) is 0 Å². The summed E-state index contributed by atoms with van der Waals surface area (Å²) < 4.78 is 0. The first-order valence-electron chi connectivity index (χ1n) is 6.56. The van der Waals surface area contributed by atoms with Crippen LogP contribution in [-0.2, 0) is 4.79 Å². The molecule has 1 aliphatic rings. The van der Waals surface area contributed by atoms with Gasteiger partial charge in [-0.05, 0) is 35.9 Å². The SMILES string of the molecule is CNC(=O)C1CCN(c2nc(Cl)nc3sccc23)CC1. The topological polar surface area (TPSA) is 58.1 Å². The highest BCUT2D eigenvalue weighted by molar-refractivity contribution is 7.16. The van der Waals surface area contributed by atoms with Crippen molar-refractivity contribution in [2.45, 2.75) is 12.8 Å². The number of hydrogen-bond donors (Lipinski definition) is 1. The van der Waals surface area contributed by atoms with E-state index >= 15 is 0 Å². The van der Waals surface area contributed by atoms with Crippen LogP contribution in [0.3, 0.4) is 0 Å². The summed E-state index contributed by atoms with van der Waals surface area (Å²) in [6.07, 6.45) is 1.68. The number of nitrogens with zero attached hydrogens (tertiary/aromatic N) is 3. The molecule has 0 saturated carbocycles. The second-order valence-electron chi connectivity index (χ2n) is 4.83. The Morgan fingerprint density at radius 3 is 2.90 bits per heavy atom. The number of nitrogens with one attached hydrogen (secondary N) is 1. The summed E-state index contributed by atoms with van der Waals surface area (Å²) in [6.45, 7) is 1.63. The third-order valence-electron chi connectivity index (χ3n) is 3.69. The van der Waals surface area contributed by atoms with Crippen molar-refractivity contribution in [3.63, 3.8) is 0 Å². The van der Waals surface area contributed by atoms with E-state index in [0.717, 1.165) is 42.0 Å². The molecule has 20 heavy (non-hydrogen) atoms. The molecule has 5 nitrogen and oxygen atoms in total. The van der Waals surface area contributed by atoms with Gasteiger partial charge >= 0.3 is 0 Å². The van der Waals surface area contributed by atoms with Crippen LogP contribution < -0.4 is 10.2 Å². The number of hydrogen-bond acceptors (Lipinski definition) is 5. The van der Waals surface area contributed by atoms with Crippen molar-refractivity contribution in [3.8, 4) is 0 Å². The Morgan fingerprint density at radius 2 is 2.20 bits per heavy atom. The van der Waals surface area contributed by atoms with Gasteiger partial charge in [0.15, 0.2) is 0 Å². The average molecular weight is 311 g/mol. The summed E-state index contributed by atoms with van der Waals surface area (Å²) in [5.74, 6) is 1.12. The molecule has 1 aliphatic heterocycles. The molecule has 0 radical (unpaired) electrons. The molecule has 0 spiro atoms. The van der Waals surface area contributed by atoms with Crippen LogP contribution in [0, 0.1) is 5.92 Å². The molecule has 2 aromatic rings. The molecule has 0 bridgehead atoms. The van der Waals surface area contributed by atoms with Gasteiger partial charge in [-0.1, -0.05) is 0 Å². The number of fused-ring (bicyclic) bond motifs is 1. The molecule has 1 N–H and O–H groups in total. The summed E-state index contributed by atoms with van der Waals surface area (Å²) in [7, 11) is 1.69. The zero-order valence-corrected chi connectivity index (χ0v) is 12.7. The van der Waals surface area contributed by atoms with Gasteiger partial charge in [0.2, 0.25) is 11.2 Å². The highest BCUT2D eigenvalue weighted by Crippen LogP contribution is 2.31. The molecule has 1 fully saturated rings. The van der Waals surface area contributed by atoms with E-state index in [-0.39, 0.29) is 17.1 Å². The van der Waals surface area contributed by atoms with E-state index in [2.05, 4.69) is 20.2 Å². The lowest BCUT2D eigenvalue weighted by Gasteiger charge is -2.32. The van der Waals surface area contributed by atoms with Crippen molar-refractivity contribution < 1.29 is 4.79 Å². The first-order valence-corrected chi connectivity index (χ1v) is 7.82. The van der Waals surface area contributed by atoms with Crippen LogP contribution in [0.1, 0.15) is 12.8 Å². The predicted octanol–water partition coefficient (Wildman–Crippen LogP) is 2.31. The number of carbonyl (C=O) groups is 1. The lowest BCUT2D eigenvalue weighted by Crippen LogP contribution is -2.40. The van der Waals surface area contributed by atoms with Crippen LogP contribution in [0.15, 0.2) is 11.4 Å². The minimum absolute atomic E-state index is 0.103. The Hall–Kier alpha value is -1.40. The molecule has 1 amide bonds. The molecule has 0 unspecified atom stereocenters. The standard InChI is InChI=1S/C13H15ClN4OS/c1-15-11(19)8-2-5-18(6-3-8)10-9-4-7-20-12(9)17-13(14)16-10/h4,7-8H,2-3,5-6H2,1H3,(H,15,19). The fourth-order valence-corrected chi connectivity index (χ4v) is 3.59. The lowest BCUT2D eigenvalue weighted by molar-refractivity contribution is -0.125. The van der Waals surface area contributed by atoms with Gasteiger partial charge in [0.1, 0.15) is 10.6 Å². The summed E-state index contributed by atoms with van der Waals surface area (Å²) >= 11 is 7.56. The van der Waals surface area contributed by atoms with Crippen molar-refractivity contribution >= 4 is 44.9 Å². The Morgan fingerprint density at radius 1 is 1.45 bits per heavy atom. The predicted molar refractivity (Wildman–Crippen MR) is 81.4 cm³/mol. The van der Waals surface area contributed by atoms with E-state index in [1.807, 2.05) is 11.4 Å². The highest BCUT2D eigenvalue weighted by Gasteiger charge is 2.26. The van der Waals surface area contributed by atoms with Crippen LogP contribution in [0.25, 0.3) is 10.2 Å². The third kappa shape index (κ3) is 2.45. The van der Waals surface area contributed by atoms with Crippen LogP contribution in [0.2, 0.25) is 5.28 Å². The van der Waals surface area contributed by atoms with Crippen LogP contribution in [0.5, 0.6) is 0 Å². The zero-order valence-electron chi connectivity index (χ0n) is 11.1. The summed E-state index contributed by atoms with van der Waals surface area (Å²) in [5.41, 5.74) is 0. The molecule has 0 aliphatic carbocycles. The minimum atomic E-state index is 0.103. The summed E-state index contributed by atoms with van der Waals surface area (Å²) in [5, 5.41) is 6.04. The van der Waals surface area contributed by atoms with Crippen molar-refractivity contribution in [3.05, 3.63) is 16.7 Å². The van der Waals surface area contributed by atoms with E-state index in [0.29, 0.717) is 0 Å². The largest absolute Gasteiger partial charge is 0.359 e. The monoisotopic (exact) mass is 310 g/mol. The van der Waals surface area contributed by atoms with E-state index in [1.165, 1.54) is 0 Å². The first-order chi connectivity index (χ1) is 9.69. The van der Waals surface area contributed by atoms with E-state index in [9.17, 15) is 4.79 Å². The number of thiophene rings is 1. The van der Waals surface area contributed by atoms with Gasteiger partial charge in [-0.15, -0.1) is 11.3 Å². The van der Waals surface area contributed by atoms with Gasteiger partial charge < -0.3 is 10.2 Å².